The van der Waals surface area contributed by atoms with Crippen LogP contribution in [0.4, 0.5) is 5.13 Å². The lowest BCUT2D eigenvalue weighted by molar-refractivity contribution is -0.148. The number of anilines is 1. The highest BCUT2D eigenvalue weighted by Gasteiger charge is 2.39. The van der Waals surface area contributed by atoms with E-state index in [0.29, 0.717) is 61.3 Å². The summed E-state index contributed by atoms with van der Waals surface area (Å²) in [5.41, 5.74) is 8.97. The summed E-state index contributed by atoms with van der Waals surface area (Å²) in [7, 11) is 0. The van der Waals surface area contributed by atoms with Crippen molar-refractivity contribution >= 4 is 51.5 Å². The molecule has 1 aliphatic rings. The monoisotopic (exact) mass is 620 g/mol. The number of benzene rings is 1. The molecule has 0 aliphatic carbocycles. The van der Waals surface area contributed by atoms with E-state index in [9.17, 15) is 9.59 Å². The van der Waals surface area contributed by atoms with Crippen LogP contribution in [0.3, 0.4) is 0 Å². The summed E-state index contributed by atoms with van der Waals surface area (Å²) in [6.45, 7) is 5.86. The lowest BCUT2D eigenvalue weighted by Crippen LogP contribution is -2.63. The maximum Gasteiger partial charge on any atom is 0.240 e. The number of nitrogens with one attached hydrogen (secondary N) is 1. The van der Waals surface area contributed by atoms with Crippen LogP contribution in [0.1, 0.15) is 50.9 Å². The Hall–Kier alpha value is -2.66. The fourth-order valence-corrected chi connectivity index (χ4v) is 6.31. The fourth-order valence-electron chi connectivity index (χ4n) is 5.35. The SMILES string of the molecule is CC(C)C[C@@H]1CN(C(=O)C(N)Cc2ccc(Cl)cc2Cl)[C@@H](CCCNc2nncs2)CN1C(=O)CCc1ccco1. The van der Waals surface area contributed by atoms with Gasteiger partial charge in [-0.05, 0) is 61.4 Å². The van der Waals surface area contributed by atoms with Crippen molar-refractivity contribution in [2.45, 2.75) is 70.5 Å². The molecule has 12 heteroatoms. The van der Waals surface area contributed by atoms with Gasteiger partial charge in [-0.1, -0.05) is 54.5 Å². The highest BCUT2D eigenvalue weighted by atomic mass is 35.5. The van der Waals surface area contributed by atoms with Crippen LogP contribution in [0.15, 0.2) is 46.5 Å². The maximum absolute atomic E-state index is 13.9. The minimum absolute atomic E-state index is 0.0772. The van der Waals surface area contributed by atoms with Gasteiger partial charge in [-0.2, -0.15) is 0 Å². The Labute approximate surface area is 255 Å². The van der Waals surface area contributed by atoms with Crippen LogP contribution in [0.5, 0.6) is 0 Å². The van der Waals surface area contributed by atoms with Gasteiger partial charge in [0.2, 0.25) is 16.9 Å². The van der Waals surface area contributed by atoms with Gasteiger partial charge < -0.3 is 25.3 Å². The topological polar surface area (TPSA) is 118 Å². The third-order valence-corrected chi connectivity index (χ3v) is 8.57. The number of rotatable bonds is 13. The summed E-state index contributed by atoms with van der Waals surface area (Å²) in [6, 6.07) is 7.92. The summed E-state index contributed by atoms with van der Waals surface area (Å²) in [5.74, 6) is 1.09. The number of nitrogens with two attached hydrogens (primary N) is 1. The van der Waals surface area contributed by atoms with E-state index >= 15 is 0 Å². The molecule has 1 saturated heterocycles. The molecule has 222 valence electrons. The molecule has 3 aromatic rings. The van der Waals surface area contributed by atoms with Crippen molar-refractivity contribution in [1.29, 1.82) is 0 Å². The van der Waals surface area contributed by atoms with Gasteiger partial charge in [-0.15, -0.1) is 10.2 Å². The Morgan fingerprint density at radius 2 is 2.00 bits per heavy atom. The van der Waals surface area contributed by atoms with Gasteiger partial charge in [0, 0.05) is 54.6 Å². The quantitative estimate of drug-likeness (QED) is 0.249. The molecule has 1 fully saturated rings. The van der Waals surface area contributed by atoms with Crippen molar-refractivity contribution < 1.29 is 14.0 Å². The average molecular weight is 622 g/mol. The van der Waals surface area contributed by atoms with Crippen molar-refractivity contribution in [3.05, 3.63) is 63.5 Å². The van der Waals surface area contributed by atoms with E-state index in [-0.39, 0.29) is 23.9 Å². The molecule has 0 radical (unpaired) electrons. The molecule has 2 amide bonds. The zero-order valence-corrected chi connectivity index (χ0v) is 25.8. The van der Waals surface area contributed by atoms with E-state index in [0.717, 1.165) is 29.3 Å². The van der Waals surface area contributed by atoms with Crippen LogP contribution in [-0.2, 0) is 22.4 Å². The molecular formula is C29H38Cl2N6O3S. The Balaban J connectivity index is 1.49. The molecule has 0 bridgehead atoms. The molecule has 3 N–H and O–H groups in total. The predicted octanol–water partition coefficient (Wildman–Crippen LogP) is 5.29. The number of furan rings is 1. The molecule has 41 heavy (non-hydrogen) atoms. The maximum atomic E-state index is 13.9. The van der Waals surface area contributed by atoms with Gasteiger partial charge in [-0.25, -0.2) is 0 Å². The van der Waals surface area contributed by atoms with Crippen LogP contribution in [0.25, 0.3) is 0 Å². The number of piperazine rings is 1. The molecule has 1 aromatic carbocycles. The predicted molar refractivity (Wildman–Crippen MR) is 163 cm³/mol. The highest BCUT2D eigenvalue weighted by Crippen LogP contribution is 2.27. The Kier molecular flexibility index (Phi) is 11.4. The standard InChI is InChI=1S/C29H38Cl2N6O3S/c1-19(2)13-23-17-37(28(39)26(32)14-20-7-8-21(30)15-25(20)31)22(5-3-11-33-29-35-34-18-41-29)16-36(23)27(38)10-9-24-6-4-12-40-24/h4,6-8,12,15,18-19,22-23,26H,3,5,9-11,13-14,16-17,32H2,1-2H3,(H,33,35)/t22-,23+,26?/m0/s1. The van der Waals surface area contributed by atoms with Gasteiger partial charge >= 0.3 is 0 Å². The van der Waals surface area contributed by atoms with Crippen molar-refractivity contribution in [2.75, 3.05) is 25.0 Å². The van der Waals surface area contributed by atoms with Crippen molar-refractivity contribution in [1.82, 2.24) is 20.0 Å². The first-order chi connectivity index (χ1) is 19.7. The fraction of sp³-hybridized carbons (Fsp3) is 0.517. The third-order valence-electron chi connectivity index (χ3n) is 7.33. The minimum Gasteiger partial charge on any atom is -0.469 e. The summed E-state index contributed by atoms with van der Waals surface area (Å²) in [6.07, 6.45) is 5.12. The van der Waals surface area contributed by atoms with Gasteiger partial charge in [0.25, 0.3) is 0 Å². The Morgan fingerprint density at radius 1 is 1.20 bits per heavy atom. The van der Waals surface area contributed by atoms with Crippen LogP contribution in [0.2, 0.25) is 10.0 Å². The van der Waals surface area contributed by atoms with Crippen LogP contribution >= 0.6 is 34.5 Å². The van der Waals surface area contributed by atoms with E-state index in [1.165, 1.54) is 11.3 Å². The van der Waals surface area contributed by atoms with E-state index in [1.807, 2.05) is 28.0 Å². The number of carbonyl (C=O) groups excluding carboxylic acids is 2. The second-order valence-electron chi connectivity index (χ2n) is 10.9. The van der Waals surface area contributed by atoms with Crippen LogP contribution in [-0.4, -0.2) is 69.6 Å². The first-order valence-corrected chi connectivity index (χ1v) is 15.7. The molecule has 3 heterocycles. The summed E-state index contributed by atoms with van der Waals surface area (Å²) < 4.78 is 5.45. The molecule has 1 aliphatic heterocycles. The van der Waals surface area contributed by atoms with Gasteiger partial charge in [0.05, 0.1) is 12.3 Å². The van der Waals surface area contributed by atoms with Crippen molar-refractivity contribution in [3.8, 4) is 0 Å². The molecular weight excluding hydrogens is 583 g/mol. The summed E-state index contributed by atoms with van der Waals surface area (Å²) in [5, 5.41) is 13.0. The van der Waals surface area contributed by atoms with E-state index in [4.69, 9.17) is 33.4 Å². The lowest BCUT2D eigenvalue weighted by Gasteiger charge is -2.48. The largest absolute Gasteiger partial charge is 0.469 e. The van der Waals surface area contributed by atoms with E-state index in [1.54, 1.807) is 23.9 Å². The molecule has 9 nitrogen and oxygen atoms in total. The highest BCUT2D eigenvalue weighted by molar-refractivity contribution is 7.13. The number of hydrogen-bond acceptors (Lipinski definition) is 8. The minimum atomic E-state index is -0.767. The smallest absolute Gasteiger partial charge is 0.240 e. The Morgan fingerprint density at radius 3 is 2.68 bits per heavy atom. The van der Waals surface area contributed by atoms with Gasteiger partial charge in [0.15, 0.2) is 0 Å². The number of amides is 2. The van der Waals surface area contributed by atoms with Gasteiger partial charge in [0.1, 0.15) is 11.3 Å². The Bertz CT molecular complexity index is 1260. The first kappa shape index (κ1) is 31.3. The number of carbonyl (C=O) groups is 2. The molecule has 0 saturated carbocycles. The number of aryl methyl sites for hydroxylation is 1. The second-order valence-corrected chi connectivity index (χ2v) is 12.6. The third kappa shape index (κ3) is 8.91. The zero-order chi connectivity index (χ0) is 29.4. The van der Waals surface area contributed by atoms with Crippen LogP contribution in [0, 0.1) is 5.92 Å². The molecule has 3 atom stereocenters. The molecule has 2 aromatic heterocycles. The second kappa shape index (κ2) is 15.0. The van der Waals surface area contributed by atoms with Crippen LogP contribution < -0.4 is 11.1 Å². The zero-order valence-electron chi connectivity index (χ0n) is 23.5. The normalized spacial score (nSPS) is 18.1. The van der Waals surface area contributed by atoms with E-state index < -0.39 is 6.04 Å². The summed E-state index contributed by atoms with van der Waals surface area (Å²) in [4.78, 5) is 31.3. The van der Waals surface area contributed by atoms with E-state index in [2.05, 4.69) is 29.4 Å². The number of nitrogens with zero attached hydrogens (tertiary/aromatic N) is 4. The number of hydrogen-bond donors (Lipinski definition) is 2. The summed E-state index contributed by atoms with van der Waals surface area (Å²) >= 11 is 13.9. The number of aromatic nitrogens is 2. The van der Waals surface area contributed by atoms with Crippen molar-refractivity contribution in [2.24, 2.45) is 11.7 Å². The average Bonchev–Trinajstić information content (AvgIpc) is 3.65. The van der Waals surface area contributed by atoms with Gasteiger partial charge in [-0.3, -0.25) is 9.59 Å². The molecule has 4 rings (SSSR count). The molecule has 1 unspecified atom stereocenters. The first-order valence-electron chi connectivity index (χ1n) is 14.0. The number of halogens is 2. The molecule has 0 spiro atoms. The lowest BCUT2D eigenvalue weighted by atomic mass is 9.94. The van der Waals surface area contributed by atoms with Crippen molar-refractivity contribution in [3.63, 3.8) is 0 Å².